The van der Waals surface area contributed by atoms with E-state index in [0.29, 0.717) is 28.7 Å². The lowest BCUT2D eigenvalue weighted by atomic mass is 10.1. The quantitative estimate of drug-likeness (QED) is 0.863. The zero-order valence-electron chi connectivity index (χ0n) is 13.3. The van der Waals surface area contributed by atoms with E-state index in [4.69, 9.17) is 23.2 Å². The summed E-state index contributed by atoms with van der Waals surface area (Å²) in [6.45, 7) is 0.490. The molecule has 0 unspecified atom stereocenters. The van der Waals surface area contributed by atoms with E-state index in [-0.39, 0.29) is 30.8 Å². The van der Waals surface area contributed by atoms with Crippen LogP contribution in [0.4, 0.5) is 5.69 Å². The highest BCUT2D eigenvalue weighted by Crippen LogP contribution is 2.24. The third-order valence-electron chi connectivity index (χ3n) is 3.76. The molecule has 1 aliphatic rings. The second kappa shape index (κ2) is 8.35. The summed E-state index contributed by atoms with van der Waals surface area (Å²) in [5.41, 5.74) is 0.501. The van der Waals surface area contributed by atoms with Crippen LogP contribution in [-0.2, 0) is 14.4 Å². The summed E-state index contributed by atoms with van der Waals surface area (Å²) in [6, 6.07) is 4.74. The van der Waals surface area contributed by atoms with Gasteiger partial charge in [-0.3, -0.25) is 14.4 Å². The van der Waals surface area contributed by atoms with E-state index in [9.17, 15) is 14.4 Å². The fourth-order valence-electron chi connectivity index (χ4n) is 2.39. The molecule has 2 rings (SSSR count). The fraction of sp³-hybridized carbons (Fsp3) is 0.438. The number of piperidine rings is 1. The maximum absolute atomic E-state index is 12.2. The molecule has 0 aliphatic carbocycles. The van der Waals surface area contributed by atoms with Crippen LogP contribution in [0, 0.1) is 0 Å². The first-order valence-corrected chi connectivity index (χ1v) is 8.39. The van der Waals surface area contributed by atoms with Gasteiger partial charge in [0.1, 0.15) is 0 Å². The lowest BCUT2D eigenvalue weighted by molar-refractivity contribution is -0.142. The van der Waals surface area contributed by atoms with Crippen molar-refractivity contribution in [1.82, 2.24) is 9.80 Å². The topological polar surface area (TPSA) is 69.7 Å². The van der Waals surface area contributed by atoms with Crippen molar-refractivity contribution in [1.29, 1.82) is 0 Å². The van der Waals surface area contributed by atoms with Gasteiger partial charge in [-0.1, -0.05) is 23.2 Å². The molecule has 1 saturated heterocycles. The van der Waals surface area contributed by atoms with E-state index in [1.165, 1.54) is 18.0 Å². The van der Waals surface area contributed by atoms with Crippen molar-refractivity contribution in [3.8, 4) is 0 Å². The largest absolute Gasteiger partial charge is 0.335 e. The highest BCUT2D eigenvalue weighted by molar-refractivity contribution is 6.42. The van der Waals surface area contributed by atoms with Gasteiger partial charge in [0, 0.05) is 25.7 Å². The number of nitrogens with zero attached hydrogens (tertiary/aromatic N) is 2. The van der Waals surface area contributed by atoms with Gasteiger partial charge in [-0.15, -0.1) is 0 Å². The zero-order valence-corrected chi connectivity index (χ0v) is 14.9. The second-order valence-corrected chi connectivity index (χ2v) is 6.51. The number of benzene rings is 1. The lowest BCUT2D eigenvalue weighted by Gasteiger charge is -2.28. The molecule has 0 aromatic heterocycles. The monoisotopic (exact) mass is 371 g/mol. The molecule has 6 nitrogen and oxygen atoms in total. The minimum Gasteiger partial charge on any atom is -0.335 e. The summed E-state index contributed by atoms with van der Waals surface area (Å²) >= 11 is 11.7. The number of anilines is 1. The Kier molecular flexibility index (Phi) is 6.45. The molecule has 8 heteroatoms. The smallest absolute Gasteiger partial charge is 0.243 e. The molecule has 1 N–H and O–H groups in total. The molecule has 1 fully saturated rings. The Morgan fingerprint density at radius 2 is 2.00 bits per heavy atom. The molecular weight excluding hydrogens is 353 g/mol. The van der Waals surface area contributed by atoms with Crippen molar-refractivity contribution in [3.05, 3.63) is 28.2 Å². The van der Waals surface area contributed by atoms with Crippen LogP contribution >= 0.6 is 23.2 Å². The van der Waals surface area contributed by atoms with Gasteiger partial charge in [-0.05, 0) is 31.0 Å². The standard InChI is InChI=1S/C16H19Cl2N3O3/c1-20(16(24)10-21-7-3-2-4-15(21)23)9-14(22)19-11-5-6-12(17)13(18)8-11/h5-6,8H,2-4,7,9-10H2,1H3,(H,19,22). The predicted octanol–water partition coefficient (Wildman–Crippen LogP) is 2.40. The van der Waals surface area contributed by atoms with Crippen LogP contribution in [0.5, 0.6) is 0 Å². The predicted molar refractivity (Wildman–Crippen MR) is 93.2 cm³/mol. The van der Waals surface area contributed by atoms with Crippen molar-refractivity contribution in [2.75, 3.05) is 32.0 Å². The van der Waals surface area contributed by atoms with Crippen LogP contribution in [0.2, 0.25) is 10.0 Å². The molecular formula is C16H19Cl2N3O3. The van der Waals surface area contributed by atoms with Crippen molar-refractivity contribution >= 4 is 46.6 Å². The van der Waals surface area contributed by atoms with Crippen LogP contribution in [0.3, 0.4) is 0 Å². The van der Waals surface area contributed by atoms with E-state index in [0.717, 1.165) is 12.8 Å². The fourth-order valence-corrected chi connectivity index (χ4v) is 2.69. The van der Waals surface area contributed by atoms with Gasteiger partial charge in [0.05, 0.1) is 23.1 Å². The number of halogens is 2. The van der Waals surface area contributed by atoms with Gasteiger partial charge >= 0.3 is 0 Å². The summed E-state index contributed by atoms with van der Waals surface area (Å²) in [6.07, 6.45) is 2.25. The number of rotatable bonds is 5. The van der Waals surface area contributed by atoms with Gasteiger partial charge in [0.25, 0.3) is 0 Å². The Morgan fingerprint density at radius 3 is 2.67 bits per heavy atom. The van der Waals surface area contributed by atoms with Crippen molar-refractivity contribution < 1.29 is 14.4 Å². The number of likely N-dealkylation sites (tertiary alicyclic amines) is 1. The number of hydrogen-bond acceptors (Lipinski definition) is 3. The minimum absolute atomic E-state index is 0.00931. The maximum atomic E-state index is 12.2. The average Bonchev–Trinajstić information content (AvgIpc) is 2.53. The Bertz CT molecular complexity index is 651. The van der Waals surface area contributed by atoms with E-state index >= 15 is 0 Å². The molecule has 1 aromatic rings. The molecule has 24 heavy (non-hydrogen) atoms. The third-order valence-corrected chi connectivity index (χ3v) is 4.50. The van der Waals surface area contributed by atoms with Crippen molar-refractivity contribution in [3.63, 3.8) is 0 Å². The molecule has 0 spiro atoms. The summed E-state index contributed by atoms with van der Waals surface area (Å²) in [5.74, 6) is -0.632. The molecule has 3 amide bonds. The molecule has 0 saturated carbocycles. The zero-order chi connectivity index (χ0) is 17.7. The maximum Gasteiger partial charge on any atom is 0.243 e. The number of nitrogens with one attached hydrogen (secondary N) is 1. The molecule has 1 aliphatic heterocycles. The molecule has 0 atom stereocenters. The van der Waals surface area contributed by atoms with Gasteiger partial charge in [0.15, 0.2) is 0 Å². The summed E-state index contributed by atoms with van der Waals surface area (Å²) in [4.78, 5) is 38.7. The molecule has 0 radical (unpaired) electrons. The van der Waals surface area contributed by atoms with E-state index in [1.807, 2.05) is 0 Å². The van der Waals surface area contributed by atoms with Crippen molar-refractivity contribution in [2.45, 2.75) is 19.3 Å². The summed E-state index contributed by atoms with van der Waals surface area (Å²) < 4.78 is 0. The number of carbonyl (C=O) groups excluding carboxylic acids is 3. The molecule has 130 valence electrons. The first-order chi connectivity index (χ1) is 11.4. The third kappa shape index (κ3) is 5.11. The van der Waals surface area contributed by atoms with Crippen LogP contribution in [0.25, 0.3) is 0 Å². The molecule has 0 bridgehead atoms. The number of likely N-dealkylation sites (N-methyl/N-ethyl adjacent to an activating group) is 1. The Labute approximate surface area is 150 Å². The van der Waals surface area contributed by atoms with Gasteiger partial charge in [-0.2, -0.15) is 0 Å². The SMILES string of the molecule is CN(CC(=O)Nc1ccc(Cl)c(Cl)c1)C(=O)CN1CCCCC1=O. The average molecular weight is 372 g/mol. The van der Waals surface area contributed by atoms with E-state index in [1.54, 1.807) is 17.0 Å². The highest BCUT2D eigenvalue weighted by atomic mass is 35.5. The summed E-state index contributed by atoms with van der Waals surface area (Å²) in [5, 5.41) is 3.38. The number of hydrogen-bond donors (Lipinski definition) is 1. The Hall–Kier alpha value is -1.79. The van der Waals surface area contributed by atoms with E-state index < -0.39 is 0 Å². The van der Waals surface area contributed by atoms with Gasteiger partial charge < -0.3 is 15.1 Å². The van der Waals surface area contributed by atoms with Crippen LogP contribution < -0.4 is 5.32 Å². The van der Waals surface area contributed by atoms with Crippen molar-refractivity contribution in [2.24, 2.45) is 0 Å². The van der Waals surface area contributed by atoms with Gasteiger partial charge in [0.2, 0.25) is 17.7 Å². The molecule has 1 heterocycles. The lowest BCUT2D eigenvalue weighted by Crippen LogP contribution is -2.45. The first-order valence-electron chi connectivity index (χ1n) is 7.63. The molecule has 1 aromatic carbocycles. The van der Waals surface area contributed by atoms with Crippen LogP contribution in [0.15, 0.2) is 18.2 Å². The first kappa shape index (κ1) is 18.5. The normalized spacial score (nSPS) is 14.5. The Morgan fingerprint density at radius 1 is 1.25 bits per heavy atom. The minimum atomic E-state index is -0.353. The highest BCUT2D eigenvalue weighted by Gasteiger charge is 2.22. The Balaban J connectivity index is 1.84. The van der Waals surface area contributed by atoms with Crippen LogP contribution in [0.1, 0.15) is 19.3 Å². The number of carbonyl (C=O) groups is 3. The van der Waals surface area contributed by atoms with Crippen LogP contribution in [-0.4, -0.2) is 54.2 Å². The summed E-state index contributed by atoms with van der Waals surface area (Å²) in [7, 11) is 1.53. The van der Waals surface area contributed by atoms with E-state index in [2.05, 4.69) is 5.32 Å². The van der Waals surface area contributed by atoms with Gasteiger partial charge in [-0.25, -0.2) is 0 Å². The number of amides is 3. The second-order valence-electron chi connectivity index (χ2n) is 5.70.